The maximum atomic E-state index is 11.8. The second-order valence-electron chi connectivity index (χ2n) is 4.51. The predicted octanol–water partition coefficient (Wildman–Crippen LogP) is -0.109. The summed E-state index contributed by atoms with van der Waals surface area (Å²) in [7, 11) is 0. The Hall–Kier alpha value is -0.650. The maximum Gasteiger partial charge on any atom is 0.251 e. The summed E-state index contributed by atoms with van der Waals surface area (Å²) in [6.45, 7) is 6.05. The Morgan fingerprint density at radius 2 is 2.25 bits per heavy atom. The van der Waals surface area contributed by atoms with E-state index in [1.54, 1.807) is 0 Å². The molecule has 5 heteroatoms. The number of hydrogen-bond acceptors (Lipinski definition) is 4. The normalized spacial score (nSPS) is 23.1. The van der Waals surface area contributed by atoms with Gasteiger partial charge in [-0.3, -0.25) is 4.79 Å². The third-order valence-corrected chi connectivity index (χ3v) is 2.50. The molecule has 3 N–H and O–H groups in total. The van der Waals surface area contributed by atoms with Gasteiger partial charge >= 0.3 is 0 Å². The van der Waals surface area contributed by atoms with Gasteiger partial charge in [-0.25, -0.2) is 0 Å². The monoisotopic (exact) mass is 230 g/mol. The number of amides is 1. The van der Waals surface area contributed by atoms with Crippen molar-refractivity contribution in [2.45, 2.75) is 32.4 Å². The minimum Gasteiger partial charge on any atom is -0.376 e. The number of ether oxygens (including phenoxy) is 2. The molecular formula is C11H22N2O3. The molecule has 94 valence electrons. The molecule has 0 saturated carbocycles. The first-order valence-corrected chi connectivity index (χ1v) is 5.83. The van der Waals surface area contributed by atoms with E-state index in [4.69, 9.17) is 15.2 Å². The van der Waals surface area contributed by atoms with Crippen LogP contribution >= 0.6 is 0 Å². The Kier molecular flexibility index (Phi) is 5.73. The number of nitrogens with one attached hydrogen (secondary N) is 1. The fourth-order valence-corrected chi connectivity index (χ4v) is 1.72. The van der Waals surface area contributed by atoms with Gasteiger partial charge in [0.25, 0.3) is 5.91 Å². The van der Waals surface area contributed by atoms with Gasteiger partial charge in [0, 0.05) is 12.6 Å². The molecule has 2 unspecified atom stereocenters. The summed E-state index contributed by atoms with van der Waals surface area (Å²) < 4.78 is 10.5. The van der Waals surface area contributed by atoms with Crippen LogP contribution in [0.5, 0.6) is 0 Å². The average molecular weight is 230 g/mol. The summed E-state index contributed by atoms with van der Waals surface area (Å²) in [4.78, 5) is 11.8. The largest absolute Gasteiger partial charge is 0.376 e. The molecule has 1 aliphatic rings. The quantitative estimate of drug-likeness (QED) is 0.691. The highest BCUT2D eigenvalue weighted by Gasteiger charge is 2.24. The van der Waals surface area contributed by atoms with Crippen molar-refractivity contribution in [2.75, 3.05) is 26.4 Å². The second-order valence-corrected chi connectivity index (χ2v) is 4.51. The Morgan fingerprint density at radius 1 is 1.50 bits per heavy atom. The summed E-state index contributed by atoms with van der Waals surface area (Å²) >= 11 is 0. The van der Waals surface area contributed by atoms with Crippen LogP contribution < -0.4 is 11.1 Å². The fraction of sp³-hybridized carbons (Fsp3) is 0.909. The number of nitrogens with two attached hydrogens (primary N) is 1. The molecule has 0 aromatic heterocycles. The first-order valence-electron chi connectivity index (χ1n) is 5.83. The molecular weight excluding hydrogens is 208 g/mol. The summed E-state index contributed by atoms with van der Waals surface area (Å²) in [6, 6.07) is 0.0260. The van der Waals surface area contributed by atoms with E-state index < -0.39 is 6.10 Å². The summed E-state index contributed by atoms with van der Waals surface area (Å²) in [5.41, 5.74) is 5.61. The highest BCUT2D eigenvalue weighted by molar-refractivity contribution is 5.81. The minimum absolute atomic E-state index is 0.0260. The van der Waals surface area contributed by atoms with Crippen LogP contribution in [0.1, 0.15) is 20.3 Å². The van der Waals surface area contributed by atoms with Crippen LogP contribution in [0.25, 0.3) is 0 Å². The van der Waals surface area contributed by atoms with Gasteiger partial charge in [0.2, 0.25) is 0 Å². The van der Waals surface area contributed by atoms with Crippen LogP contribution in [0.2, 0.25) is 0 Å². The van der Waals surface area contributed by atoms with E-state index in [1.165, 1.54) is 0 Å². The zero-order valence-electron chi connectivity index (χ0n) is 10.1. The Balaban J connectivity index is 2.35. The molecule has 0 spiro atoms. The van der Waals surface area contributed by atoms with Crippen molar-refractivity contribution >= 4 is 5.91 Å². The highest BCUT2D eigenvalue weighted by Crippen LogP contribution is 2.06. The minimum atomic E-state index is -0.477. The molecule has 0 aliphatic carbocycles. The topological polar surface area (TPSA) is 73.6 Å². The van der Waals surface area contributed by atoms with Crippen molar-refractivity contribution in [3.8, 4) is 0 Å². The number of hydrogen-bond donors (Lipinski definition) is 2. The number of carbonyl (C=O) groups is 1. The molecule has 1 amide bonds. The van der Waals surface area contributed by atoms with Gasteiger partial charge in [0.15, 0.2) is 6.10 Å². The molecule has 1 fully saturated rings. The van der Waals surface area contributed by atoms with Gasteiger partial charge in [-0.2, -0.15) is 0 Å². The van der Waals surface area contributed by atoms with E-state index in [1.807, 2.05) is 0 Å². The predicted molar refractivity (Wildman–Crippen MR) is 61.0 cm³/mol. The van der Waals surface area contributed by atoms with Gasteiger partial charge in [0.05, 0.1) is 19.8 Å². The lowest BCUT2D eigenvalue weighted by molar-refractivity contribution is -0.148. The smallest absolute Gasteiger partial charge is 0.251 e. The molecule has 0 aromatic rings. The lowest BCUT2D eigenvalue weighted by atomic mass is 10.0. The van der Waals surface area contributed by atoms with Crippen molar-refractivity contribution in [2.24, 2.45) is 11.7 Å². The van der Waals surface area contributed by atoms with Crippen molar-refractivity contribution in [3.63, 3.8) is 0 Å². The first-order chi connectivity index (χ1) is 7.63. The molecule has 1 aliphatic heterocycles. The highest BCUT2D eigenvalue weighted by atomic mass is 16.6. The van der Waals surface area contributed by atoms with Crippen LogP contribution in [0.4, 0.5) is 0 Å². The molecule has 0 bridgehead atoms. The molecule has 2 atom stereocenters. The molecule has 16 heavy (non-hydrogen) atoms. The van der Waals surface area contributed by atoms with Crippen LogP contribution in [0.3, 0.4) is 0 Å². The van der Waals surface area contributed by atoms with E-state index in [0.717, 1.165) is 6.42 Å². The van der Waals surface area contributed by atoms with E-state index in [2.05, 4.69) is 19.2 Å². The van der Waals surface area contributed by atoms with Gasteiger partial charge in [-0.05, 0) is 12.3 Å². The SMILES string of the molecule is CC(C)CC(CN)NC(=O)C1COCCO1. The number of carbonyl (C=O) groups excluding carboxylic acids is 1. The Bertz CT molecular complexity index is 215. The van der Waals surface area contributed by atoms with E-state index in [9.17, 15) is 4.79 Å². The molecule has 5 nitrogen and oxygen atoms in total. The van der Waals surface area contributed by atoms with Crippen LogP contribution in [-0.4, -0.2) is 44.4 Å². The van der Waals surface area contributed by atoms with Gasteiger partial charge in [-0.15, -0.1) is 0 Å². The maximum absolute atomic E-state index is 11.8. The standard InChI is InChI=1S/C11H22N2O3/c1-8(2)5-9(6-12)13-11(14)10-7-15-3-4-16-10/h8-10H,3-7,12H2,1-2H3,(H,13,14). The lowest BCUT2D eigenvalue weighted by Crippen LogP contribution is -2.49. The van der Waals surface area contributed by atoms with E-state index in [0.29, 0.717) is 32.3 Å². The summed E-state index contributed by atoms with van der Waals surface area (Å²) in [6.07, 6.45) is 0.408. The summed E-state index contributed by atoms with van der Waals surface area (Å²) in [5, 5.41) is 2.90. The van der Waals surface area contributed by atoms with Crippen molar-refractivity contribution in [3.05, 3.63) is 0 Å². The van der Waals surface area contributed by atoms with Gasteiger partial charge in [0.1, 0.15) is 0 Å². The van der Waals surface area contributed by atoms with Crippen molar-refractivity contribution in [1.82, 2.24) is 5.32 Å². The third kappa shape index (κ3) is 4.47. The average Bonchev–Trinajstić information content (AvgIpc) is 2.28. The van der Waals surface area contributed by atoms with Gasteiger partial charge in [-0.1, -0.05) is 13.8 Å². The molecule has 0 aromatic carbocycles. The first kappa shape index (κ1) is 13.4. The van der Waals surface area contributed by atoms with Crippen molar-refractivity contribution < 1.29 is 14.3 Å². The number of rotatable bonds is 5. The summed E-state index contributed by atoms with van der Waals surface area (Å²) in [5.74, 6) is 0.396. The zero-order chi connectivity index (χ0) is 12.0. The Morgan fingerprint density at radius 3 is 2.75 bits per heavy atom. The molecule has 0 radical (unpaired) electrons. The Labute approximate surface area is 96.7 Å². The zero-order valence-corrected chi connectivity index (χ0v) is 10.1. The third-order valence-electron chi connectivity index (χ3n) is 2.50. The molecule has 1 saturated heterocycles. The van der Waals surface area contributed by atoms with Crippen LogP contribution in [-0.2, 0) is 14.3 Å². The molecule has 1 heterocycles. The van der Waals surface area contributed by atoms with Gasteiger partial charge < -0.3 is 20.5 Å². The van der Waals surface area contributed by atoms with E-state index >= 15 is 0 Å². The van der Waals surface area contributed by atoms with Crippen LogP contribution in [0, 0.1) is 5.92 Å². The van der Waals surface area contributed by atoms with Crippen LogP contribution in [0.15, 0.2) is 0 Å². The lowest BCUT2D eigenvalue weighted by Gasteiger charge is -2.25. The van der Waals surface area contributed by atoms with E-state index in [-0.39, 0.29) is 11.9 Å². The fourth-order valence-electron chi connectivity index (χ4n) is 1.72. The second kappa shape index (κ2) is 6.83. The van der Waals surface area contributed by atoms with Crippen molar-refractivity contribution in [1.29, 1.82) is 0 Å². The molecule has 1 rings (SSSR count).